The summed E-state index contributed by atoms with van der Waals surface area (Å²) in [6.07, 6.45) is -4.62. The molecular formula is C20H21F3N4O4. The minimum atomic E-state index is -4.62. The molecule has 0 bridgehead atoms. The number of piperidine rings is 1. The third-order valence-corrected chi connectivity index (χ3v) is 5.03. The van der Waals surface area contributed by atoms with Gasteiger partial charge in [-0.3, -0.25) is 4.79 Å². The highest BCUT2D eigenvalue weighted by atomic mass is 19.4. The van der Waals surface area contributed by atoms with E-state index in [0.29, 0.717) is 43.1 Å². The molecule has 1 amide bonds. The monoisotopic (exact) mass is 438 g/mol. The van der Waals surface area contributed by atoms with Crippen LogP contribution in [0.5, 0.6) is 5.88 Å². The maximum Gasteiger partial charge on any atom is 0.433 e. The zero-order valence-corrected chi connectivity index (χ0v) is 16.9. The average molecular weight is 438 g/mol. The van der Waals surface area contributed by atoms with Gasteiger partial charge < -0.3 is 14.7 Å². The van der Waals surface area contributed by atoms with E-state index in [2.05, 4.69) is 15.0 Å². The number of carbonyl (C=O) groups is 2. The van der Waals surface area contributed by atoms with E-state index in [0.717, 1.165) is 12.1 Å². The SMILES string of the molecule is Cc1nc(C)c(C(=O)COc2cccc(C(F)(F)F)n2)c(C2CCN(C(=O)O)CC2)n1. The molecule has 11 heteroatoms. The summed E-state index contributed by atoms with van der Waals surface area (Å²) in [6, 6.07) is 3.20. The summed E-state index contributed by atoms with van der Waals surface area (Å²) in [5, 5.41) is 9.13. The molecule has 31 heavy (non-hydrogen) atoms. The summed E-state index contributed by atoms with van der Waals surface area (Å²) in [4.78, 5) is 37.4. The van der Waals surface area contributed by atoms with Crippen molar-refractivity contribution in [3.63, 3.8) is 0 Å². The van der Waals surface area contributed by atoms with Crippen molar-refractivity contribution in [3.05, 3.63) is 46.7 Å². The largest absolute Gasteiger partial charge is 0.469 e. The fraction of sp³-hybridized carbons (Fsp3) is 0.450. The quantitative estimate of drug-likeness (QED) is 0.711. The van der Waals surface area contributed by atoms with Crippen molar-refractivity contribution in [2.75, 3.05) is 19.7 Å². The summed E-state index contributed by atoms with van der Waals surface area (Å²) in [5.74, 6) is -0.454. The van der Waals surface area contributed by atoms with Crippen molar-refractivity contribution >= 4 is 11.9 Å². The van der Waals surface area contributed by atoms with E-state index in [1.54, 1.807) is 13.8 Å². The van der Waals surface area contributed by atoms with Crippen molar-refractivity contribution in [1.82, 2.24) is 19.9 Å². The van der Waals surface area contributed by atoms with E-state index in [-0.39, 0.29) is 17.4 Å². The molecule has 2 aromatic rings. The van der Waals surface area contributed by atoms with Gasteiger partial charge in [0.05, 0.1) is 17.0 Å². The van der Waals surface area contributed by atoms with Gasteiger partial charge in [0.1, 0.15) is 11.5 Å². The van der Waals surface area contributed by atoms with Gasteiger partial charge in [0, 0.05) is 25.1 Å². The number of rotatable bonds is 5. The molecule has 0 unspecified atom stereocenters. The zero-order valence-electron chi connectivity index (χ0n) is 16.9. The molecule has 1 aliphatic heterocycles. The molecule has 1 saturated heterocycles. The summed E-state index contributed by atoms with van der Waals surface area (Å²) in [6.45, 7) is 3.46. The minimum Gasteiger partial charge on any atom is -0.469 e. The number of carbonyl (C=O) groups excluding carboxylic acids is 1. The molecule has 3 heterocycles. The van der Waals surface area contributed by atoms with Crippen LogP contribution >= 0.6 is 0 Å². The first-order chi connectivity index (χ1) is 14.6. The third kappa shape index (κ3) is 5.28. The molecule has 0 radical (unpaired) electrons. The number of Topliss-reactive ketones (excluding diaryl/α,β-unsaturated/α-hetero) is 1. The highest BCUT2D eigenvalue weighted by Gasteiger charge is 2.33. The third-order valence-electron chi connectivity index (χ3n) is 5.03. The van der Waals surface area contributed by atoms with Gasteiger partial charge in [0.15, 0.2) is 6.61 Å². The molecule has 0 aliphatic carbocycles. The second-order valence-corrected chi connectivity index (χ2v) is 7.23. The Kier molecular flexibility index (Phi) is 6.42. The van der Waals surface area contributed by atoms with Crippen LogP contribution in [-0.4, -0.2) is 56.5 Å². The van der Waals surface area contributed by atoms with Crippen LogP contribution in [0.25, 0.3) is 0 Å². The first kappa shape index (κ1) is 22.4. The number of hydrogen-bond acceptors (Lipinski definition) is 6. The number of nitrogens with zero attached hydrogens (tertiary/aromatic N) is 4. The van der Waals surface area contributed by atoms with Gasteiger partial charge in [-0.15, -0.1) is 0 Å². The van der Waals surface area contributed by atoms with Crippen LogP contribution in [-0.2, 0) is 6.18 Å². The number of aryl methyl sites for hydroxylation is 2. The average Bonchev–Trinajstić information content (AvgIpc) is 2.71. The normalized spacial score (nSPS) is 15.1. The van der Waals surface area contributed by atoms with Crippen molar-refractivity contribution < 1.29 is 32.6 Å². The van der Waals surface area contributed by atoms with Gasteiger partial charge in [-0.2, -0.15) is 13.2 Å². The zero-order chi connectivity index (χ0) is 22.8. The lowest BCUT2D eigenvalue weighted by molar-refractivity contribution is -0.141. The Morgan fingerprint density at radius 3 is 2.45 bits per heavy atom. The summed E-state index contributed by atoms with van der Waals surface area (Å²) >= 11 is 0. The highest BCUT2D eigenvalue weighted by Crippen LogP contribution is 2.31. The molecule has 0 spiro atoms. The number of pyridine rings is 1. The van der Waals surface area contributed by atoms with Gasteiger partial charge in [0.25, 0.3) is 0 Å². The van der Waals surface area contributed by atoms with Crippen LogP contribution in [0.3, 0.4) is 0 Å². The van der Waals surface area contributed by atoms with Crippen LogP contribution in [0.4, 0.5) is 18.0 Å². The van der Waals surface area contributed by atoms with Crippen molar-refractivity contribution in [3.8, 4) is 5.88 Å². The molecule has 1 fully saturated rings. The molecule has 1 aliphatic rings. The second-order valence-electron chi connectivity index (χ2n) is 7.23. The van der Waals surface area contributed by atoms with Gasteiger partial charge in [-0.25, -0.2) is 19.7 Å². The fourth-order valence-electron chi connectivity index (χ4n) is 3.59. The van der Waals surface area contributed by atoms with Crippen LogP contribution in [0, 0.1) is 13.8 Å². The lowest BCUT2D eigenvalue weighted by Crippen LogP contribution is -2.37. The van der Waals surface area contributed by atoms with E-state index >= 15 is 0 Å². The Labute approximate surface area is 176 Å². The minimum absolute atomic E-state index is 0.137. The van der Waals surface area contributed by atoms with E-state index in [4.69, 9.17) is 9.84 Å². The van der Waals surface area contributed by atoms with Crippen LogP contribution < -0.4 is 4.74 Å². The summed E-state index contributed by atoms with van der Waals surface area (Å²) in [5.41, 5.74) is 0.0962. The molecule has 0 saturated carbocycles. The first-order valence-corrected chi connectivity index (χ1v) is 9.59. The van der Waals surface area contributed by atoms with Crippen LogP contribution in [0.15, 0.2) is 18.2 Å². The van der Waals surface area contributed by atoms with Crippen molar-refractivity contribution in [2.45, 2.75) is 38.8 Å². The number of ether oxygens (including phenoxy) is 1. The predicted octanol–water partition coefficient (Wildman–Crippen LogP) is 3.63. The number of aromatic nitrogens is 3. The van der Waals surface area contributed by atoms with Crippen molar-refractivity contribution in [2.24, 2.45) is 0 Å². The summed E-state index contributed by atoms with van der Waals surface area (Å²) in [7, 11) is 0. The molecule has 2 aromatic heterocycles. The molecule has 0 aromatic carbocycles. The van der Waals surface area contributed by atoms with Gasteiger partial charge in [0.2, 0.25) is 11.7 Å². The standard InChI is InChI=1S/C20H21F3N4O4/c1-11-17(14(28)10-31-16-5-3-4-15(26-16)20(21,22)23)18(25-12(2)24-11)13-6-8-27(9-7-13)19(29)30/h3-5,13H,6-10H2,1-2H3,(H,29,30). The van der Waals surface area contributed by atoms with E-state index in [9.17, 15) is 22.8 Å². The van der Waals surface area contributed by atoms with E-state index < -0.39 is 30.4 Å². The predicted molar refractivity (Wildman–Crippen MR) is 102 cm³/mol. The number of amides is 1. The highest BCUT2D eigenvalue weighted by molar-refractivity contribution is 5.99. The lowest BCUT2D eigenvalue weighted by Gasteiger charge is -2.30. The Balaban J connectivity index is 1.79. The smallest absolute Gasteiger partial charge is 0.433 e. The van der Waals surface area contributed by atoms with Crippen LogP contribution in [0.2, 0.25) is 0 Å². The van der Waals surface area contributed by atoms with Gasteiger partial charge in [-0.1, -0.05) is 6.07 Å². The number of hydrogen-bond donors (Lipinski definition) is 1. The molecular weight excluding hydrogens is 417 g/mol. The molecule has 1 N–H and O–H groups in total. The number of halogens is 3. The van der Waals surface area contributed by atoms with Crippen molar-refractivity contribution in [1.29, 1.82) is 0 Å². The topological polar surface area (TPSA) is 106 Å². The Morgan fingerprint density at radius 2 is 1.84 bits per heavy atom. The molecule has 0 atom stereocenters. The van der Waals surface area contributed by atoms with Gasteiger partial charge >= 0.3 is 12.3 Å². The van der Waals surface area contributed by atoms with E-state index in [1.807, 2.05) is 0 Å². The Hall–Kier alpha value is -3.24. The Bertz CT molecular complexity index is 989. The molecule has 166 valence electrons. The lowest BCUT2D eigenvalue weighted by atomic mass is 9.89. The number of likely N-dealkylation sites (tertiary alicyclic amines) is 1. The number of ketones is 1. The van der Waals surface area contributed by atoms with E-state index in [1.165, 1.54) is 11.0 Å². The number of alkyl halides is 3. The molecule has 3 rings (SSSR count). The number of carboxylic acid groups (broad SMARTS) is 1. The van der Waals surface area contributed by atoms with Gasteiger partial charge in [-0.05, 0) is 32.8 Å². The maximum atomic E-state index is 12.9. The summed E-state index contributed by atoms with van der Waals surface area (Å²) < 4.78 is 43.7. The fourth-order valence-corrected chi connectivity index (χ4v) is 3.59. The van der Waals surface area contributed by atoms with Crippen LogP contribution in [0.1, 0.15) is 52.0 Å². The maximum absolute atomic E-state index is 12.9. The Morgan fingerprint density at radius 1 is 1.16 bits per heavy atom. The second kappa shape index (κ2) is 8.86. The molecule has 8 nitrogen and oxygen atoms in total. The first-order valence-electron chi connectivity index (χ1n) is 9.59.